The van der Waals surface area contributed by atoms with Crippen molar-refractivity contribution in [3.63, 3.8) is 0 Å². The van der Waals surface area contributed by atoms with Crippen LogP contribution in [0.4, 0.5) is 0 Å². The molecule has 14 bridgehead atoms. The van der Waals surface area contributed by atoms with Crippen LogP contribution in [0.1, 0.15) is 246 Å². The van der Waals surface area contributed by atoms with Gasteiger partial charge in [0.15, 0.2) is 25.3 Å². The van der Waals surface area contributed by atoms with Gasteiger partial charge in [-0.2, -0.15) is 16.8 Å². The van der Waals surface area contributed by atoms with Crippen molar-refractivity contribution in [3.05, 3.63) is 0 Å². The number of hydrogen-bond acceptors (Lipinski definition) is 23. The molecule has 24 unspecified atom stereocenters. The molecule has 7 aliphatic carbocycles. The first-order valence-corrected chi connectivity index (χ1v) is 43.0. The molecule has 22 fully saturated rings. The Morgan fingerprint density at radius 1 is 0.386 bits per heavy atom. The van der Waals surface area contributed by atoms with Gasteiger partial charge in [0, 0.05) is 17.8 Å². The summed E-state index contributed by atoms with van der Waals surface area (Å²) in [6.45, 7) is 35.2. The van der Waals surface area contributed by atoms with Gasteiger partial charge in [-0.25, -0.2) is 0 Å². The maximum absolute atomic E-state index is 11.4. The second-order valence-electron chi connectivity index (χ2n) is 28.0. The van der Waals surface area contributed by atoms with E-state index in [4.69, 9.17) is 56.3 Å². The van der Waals surface area contributed by atoms with Crippen LogP contribution >= 0.6 is 0 Å². The quantitative estimate of drug-likeness (QED) is 0.124. The van der Waals surface area contributed by atoms with Crippen molar-refractivity contribution < 1.29 is 106 Å². The molecule has 24 atom stereocenters. The molecule has 15 aliphatic heterocycles. The molecule has 25 heteroatoms. The molecular formula is C76H130O23S2. The maximum atomic E-state index is 11.4. The van der Waals surface area contributed by atoms with Crippen LogP contribution in [0.25, 0.3) is 0 Å². The summed E-state index contributed by atoms with van der Waals surface area (Å²) in [6, 6.07) is 0. The van der Waals surface area contributed by atoms with E-state index in [1.165, 1.54) is 32.1 Å². The molecule has 23 nitrogen and oxygen atoms in total. The fraction of sp³-hybridized carbons (Fsp3) is 0.921. The highest BCUT2D eigenvalue weighted by Gasteiger charge is 2.61. The minimum atomic E-state index is -3.13. The van der Waals surface area contributed by atoms with E-state index in [0.717, 1.165) is 120 Å². The second-order valence-corrected chi connectivity index (χ2v) is 31.6. The van der Waals surface area contributed by atoms with E-state index in [-0.39, 0.29) is 126 Å². The number of fused-ring (bicyclic) bond motifs is 14. The van der Waals surface area contributed by atoms with Crippen LogP contribution in [0.5, 0.6) is 0 Å². The molecule has 101 heavy (non-hydrogen) atoms. The molecule has 0 aromatic rings. The molecule has 22 aliphatic rings. The number of carbonyl (C=O) groups excluding carboxylic acids is 6. The van der Waals surface area contributed by atoms with Crippen LogP contribution in [-0.2, 0) is 109 Å². The van der Waals surface area contributed by atoms with Gasteiger partial charge in [0.2, 0.25) is 0 Å². The first kappa shape index (κ1) is 86.4. The number of cyclic esters (lactones) is 4. The number of esters is 6. The summed E-state index contributed by atoms with van der Waals surface area (Å²) in [6.07, 6.45) is 22.9. The standard InChI is InChI=1S/C10H14O2.C9H12O2.2C8H10O3.C8H12O2.C7H8O5.C7H10O3S.C3H6O3S.8C2H6/c11-10-8-2-6-1-7(3-8)5-9(4-6)12-10;10-9-8-3-5-1-6(4-11-9)7(8)2-5;9-8-6-2-5-1-4(3-10-8)7(6)11-5;9-8-7-4(3-10-8)5-1-2-6(7)11-5;9-8-7-3-1-2-6(4-7)5-10-8;8-4-1-3-5(12-4)6-7(11-3)10-2-9-6;8-11(9)7-3-4-1-5(7)6(2-4)10-11;4-7(5)3-1-2-6-7;8*1-2/h6-9H,1-5H2;5-8H,1-4H2;2*4-7H,1-3H2;6-7H,1-5H2;3,5-7H,1-2H2;4-7H,1-3H2;1-3H2;8*1-2H3. The summed E-state index contributed by atoms with van der Waals surface area (Å²) >= 11 is 0. The molecule has 0 radical (unpaired) electrons. The van der Waals surface area contributed by atoms with Crippen molar-refractivity contribution in [2.75, 3.05) is 45.6 Å². The van der Waals surface area contributed by atoms with Crippen LogP contribution < -0.4 is 0 Å². The summed E-state index contributed by atoms with van der Waals surface area (Å²) in [5.74, 6) is 7.67. The van der Waals surface area contributed by atoms with Gasteiger partial charge in [0.25, 0.3) is 20.2 Å². The SMILES string of the molecule is CC.CC.CC.CC.CC.CC.CC.CC.O=C1CC2OC3OCOC3C2O1.O=C1OC2CC3CC(C2)CC1C3.O=C1OCC2C3CCC(O3)C12.O=C1OCC2CC3CC1C2C3.O=C1OCC2CC3CC1C2O3.O=C1OCC2CCCC1C2.O=S1(=O)CCCO1.O=S1(=O)OC2CC3CC2C1C3. The van der Waals surface area contributed by atoms with Gasteiger partial charge in [0.05, 0.1) is 111 Å². The van der Waals surface area contributed by atoms with Gasteiger partial charge in [0.1, 0.15) is 12.2 Å². The van der Waals surface area contributed by atoms with E-state index in [9.17, 15) is 45.6 Å². The van der Waals surface area contributed by atoms with Crippen molar-refractivity contribution >= 4 is 56.1 Å². The van der Waals surface area contributed by atoms with E-state index in [0.29, 0.717) is 92.9 Å². The monoisotopic (exact) mass is 1470 g/mol. The molecular weight excluding hydrogens is 1340 g/mol. The van der Waals surface area contributed by atoms with E-state index in [1.54, 1.807) is 0 Å². The summed E-state index contributed by atoms with van der Waals surface area (Å²) in [5.41, 5.74) is 0. The lowest BCUT2D eigenvalue weighted by atomic mass is 9.68. The predicted octanol–water partition coefficient (Wildman–Crippen LogP) is 12.8. The Morgan fingerprint density at radius 3 is 1.57 bits per heavy atom. The number of ether oxygens (including phenoxy) is 11. The first-order valence-electron chi connectivity index (χ1n) is 40.0. The molecule has 0 aromatic heterocycles. The van der Waals surface area contributed by atoms with Crippen molar-refractivity contribution in [2.45, 2.75) is 312 Å². The van der Waals surface area contributed by atoms with Crippen molar-refractivity contribution in [2.24, 2.45) is 88.8 Å². The third-order valence-electron chi connectivity index (χ3n) is 22.7. The summed E-state index contributed by atoms with van der Waals surface area (Å²) < 4.78 is 110. The normalized spacial score (nSPS) is 41.8. The van der Waals surface area contributed by atoms with Gasteiger partial charge < -0.3 is 52.1 Å². The average molecular weight is 1480 g/mol. The van der Waals surface area contributed by atoms with E-state index in [1.807, 2.05) is 111 Å². The van der Waals surface area contributed by atoms with E-state index >= 15 is 0 Å². The van der Waals surface area contributed by atoms with Gasteiger partial charge in [-0.3, -0.25) is 37.1 Å². The number of carbonyl (C=O) groups is 6. The second kappa shape index (κ2) is 41.5. The van der Waals surface area contributed by atoms with Crippen LogP contribution in [-0.4, -0.2) is 165 Å². The lowest BCUT2D eigenvalue weighted by molar-refractivity contribution is -0.161. The van der Waals surface area contributed by atoms with Crippen LogP contribution in [0.15, 0.2) is 0 Å². The molecule has 15 saturated heterocycles. The molecule has 0 amide bonds. The molecule has 0 N–H and O–H groups in total. The average Bonchev–Trinajstić information content (AvgIpc) is 1.57. The Kier molecular flexibility index (Phi) is 35.5. The topological polar surface area (TPSA) is 291 Å². The highest BCUT2D eigenvalue weighted by Crippen LogP contribution is 2.56. The molecule has 0 spiro atoms. The Hall–Kier alpha value is -3.56. The minimum absolute atomic E-state index is 0.0257. The van der Waals surface area contributed by atoms with Crippen LogP contribution in [0.3, 0.4) is 0 Å². The minimum Gasteiger partial charge on any atom is -0.465 e. The number of hydrogen-bond donors (Lipinski definition) is 0. The molecule has 22 rings (SSSR count). The Balaban J connectivity index is 0.000000177. The third kappa shape index (κ3) is 21.2. The fourth-order valence-corrected chi connectivity index (χ4v) is 21.8. The third-order valence-corrected chi connectivity index (χ3v) is 25.8. The summed E-state index contributed by atoms with van der Waals surface area (Å²) in [5, 5.41) is -0.133. The Labute approximate surface area is 605 Å². The summed E-state index contributed by atoms with van der Waals surface area (Å²) in [4.78, 5) is 66.8. The highest BCUT2D eigenvalue weighted by molar-refractivity contribution is 7.87. The molecule has 15 heterocycles. The Morgan fingerprint density at radius 2 is 1.00 bits per heavy atom. The van der Waals surface area contributed by atoms with Crippen LogP contribution in [0, 0.1) is 88.8 Å². The zero-order valence-electron chi connectivity index (χ0n) is 64.0. The van der Waals surface area contributed by atoms with E-state index in [2.05, 4.69) is 4.18 Å². The molecule has 7 saturated carbocycles. The highest BCUT2D eigenvalue weighted by atomic mass is 32.2. The smallest absolute Gasteiger partial charge is 0.312 e. The molecule has 584 valence electrons. The largest absolute Gasteiger partial charge is 0.465 e. The lowest BCUT2D eigenvalue weighted by Crippen LogP contribution is -2.41. The van der Waals surface area contributed by atoms with Gasteiger partial charge >= 0.3 is 35.8 Å². The summed E-state index contributed by atoms with van der Waals surface area (Å²) in [7, 11) is -6.18. The van der Waals surface area contributed by atoms with Crippen molar-refractivity contribution in [3.8, 4) is 0 Å². The van der Waals surface area contributed by atoms with Gasteiger partial charge in [-0.05, 0) is 163 Å². The number of rotatable bonds is 0. The maximum Gasteiger partial charge on any atom is 0.312 e. The Bertz CT molecular complexity index is 2730. The van der Waals surface area contributed by atoms with Crippen molar-refractivity contribution in [1.82, 2.24) is 0 Å². The van der Waals surface area contributed by atoms with Gasteiger partial charge in [-0.1, -0.05) is 117 Å². The lowest BCUT2D eigenvalue weighted by Gasteiger charge is -2.35. The fourth-order valence-electron chi connectivity index (χ4n) is 18.9. The first-order chi connectivity index (χ1) is 48.9. The van der Waals surface area contributed by atoms with E-state index < -0.39 is 20.2 Å². The van der Waals surface area contributed by atoms with Crippen LogP contribution in [0.2, 0.25) is 0 Å². The van der Waals surface area contributed by atoms with Crippen molar-refractivity contribution in [1.29, 1.82) is 0 Å². The zero-order valence-corrected chi connectivity index (χ0v) is 65.6. The van der Waals surface area contributed by atoms with Gasteiger partial charge in [-0.15, -0.1) is 0 Å². The zero-order chi connectivity index (χ0) is 74.5. The predicted molar refractivity (Wildman–Crippen MR) is 378 cm³/mol. The molecule has 0 aromatic carbocycles.